The van der Waals surface area contributed by atoms with Gasteiger partial charge in [-0.3, -0.25) is 9.79 Å². The molecule has 0 aliphatic heterocycles. The number of hydrogen-bond acceptors (Lipinski definition) is 4. The summed E-state index contributed by atoms with van der Waals surface area (Å²) in [5.41, 5.74) is 0.841. The first-order chi connectivity index (χ1) is 8.21. The van der Waals surface area contributed by atoms with Gasteiger partial charge in [-0.2, -0.15) is 0 Å². The first-order valence-electron chi connectivity index (χ1n) is 5.21. The van der Waals surface area contributed by atoms with Crippen molar-refractivity contribution in [1.29, 1.82) is 0 Å². The number of likely N-dealkylation sites (N-methyl/N-ethyl adjacent to an activating group) is 1. The molecule has 0 aliphatic rings. The van der Waals surface area contributed by atoms with Gasteiger partial charge in [0, 0.05) is 13.3 Å². The normalized spacial score (nSPS) is 12.4. The molecule has 0 aliphatic carbocycles. The highest BCUT2D eigenvalue weighted by molar-refractivity contribution is 5.86. The highest BCUT2D eigenvalue weighted by Crippen LogP contribution is 2.09. The molecule has 1 unspecified atom stereocenters. The first kappa shape index (κ1) is 13.2. The molecule has 1 rings (SSSR count). The Labute approximate surface area is 100 Å². The summed E-state index contributed by atoms with van der Waals surface area (Å²) in [5, 5.41) is 11.4. The fourth-order valence-corrected chi connectivity index (χ4v) is 1.23. The van der Waals surface area contributed by atoms with Crippen LogP contribution in [0.3, 0.4) is 0 Å². The molecule has 0 aromatic heterocycles. The van der Waals surface area contributed by atoms with Gasteiger partial charge in [-0.25, -0.2) is 0 Å². The Morgan fingerprint density at radius 2 is 2.18 bits per heavy atom. The van der Waals surface area contributed by atoms with Crippen molar-refractivity contribution in [1.82, 2.24) is 5.32 Å². The number of methoxy groups -OCH3 is 1. The van der Waals surface area contributed by atoms with Crippen LogP contribution in [0.1, 0.15) is 5.56 Å². The Morgan fingerprint density at radius 3 is 2.65 bits per heavy atom. The Morgan fingerprint density at radius 1 is 1.53 bits per heavy atom. The second kappa shape index (κ2) is 6.65. The lowest BCUT2D eigenvalue weighted by atomic mass is 10.2. The van der Waals surface area contributed by atoms with E-state index < -0.39 is 6.04 Å². The van der Waals surface area contributed by atoms with Gasteiger partial charge in [0.1, 0.15) is 5.75 Å². The van der Waals surface area contributed by atoms with Gasteiger partial charge in [-0.15, -0.1) is 0 Å². The van der Waals surface area contributed by atoms with E-state index in [1.165, 1.54) is 7.05 Å². The Bertz CT molecular complexity index is 387. The monoisotopic (exact) mass is 236 g/mol. The van der Waals surface area contributed by atoms with E-state index in [-0.39, 0.29) is 12.5 Å². The summed E-state index contributed by atoms with van der Waals surface area (Å²) in [6, 6.07) is 6.48. The number of carbonyl (C=O) groups excluding carboxylic acids is 1. The van der Waals surface area contributed by atoms with Crippen molar-refractivity contribution in [2.24, 2.45) is 4.99 Å². The summed E-state index contributed by atoms with van der Waals surface area (Å²) >= 11 is 0. The van der Waals surface area contributed by atoms with Crippen LogP contribution in [-0.4, -0.2) is 44.0 Å². The van der Waals surface area contributed by atoms with Crippen molar-refractivity contribution in [3.8, 4) is 5.75 Å². The third kappa shape index (κ3) is 3.88. The van der Waals surface area contributed by atoms with E-state index in [1.807, 2.05) is 12.1 Å². The second-order valence-corrected chi connectivity index (χ2v) is 3.36. The van der Waals surface area contributed by atoms with E-state index in [4.69, 9.17) is 9.84 Å². The molecule has 92 valence electrons. The fourth-order valence-electron chi connectivity index (χ4n) is 1.23. The van der Waals surface area contributed by atoms with Gasteiger partial charge < -0.3 is 15.2 Å². The molecule has 0 saturated heterocycles. The number of aliphatic hydroxyl groups excluding tert-OH is 1. The summed E-state index contributed by atoms with van der Waals surface area (Å²) in [6.45, 7) is -0.313. The van der Waals surface area contributed by atoms with E-state index in [9.17, 15) is 4.79 Å². The molecule has 17 heavy (non-hydrogen) atoms. The highest BCUT2D eigenvalue weighted by Gasteiger charge is 2.12. The van der Waals surface area contributed by atoms with Crippen LogP contribution in [0.25, 0.3) is 0 Å². The average Bonchev–Trinajstić information content (AvgIpc) is 2.39. The number of nitrogens with one attached hydrogen (secondary N) is 1. The largest absolute Gasteiger partial charge is 0.497 e. The maximum absolute atomic E-state index is 11.3. The zero-order valence-corrected chi connectivity index (χ0v) is 9.88. The minimum absolute atomic E-state index is 0.308. The summed E-state index contributed by atoms with van der Waals surface area (Å²) in [4.78, 5) is 15.3. The molecule has 1 amide bonds. The third-order valence-electron chi connectivity index (χ3n) is 2.24. The van der Waals surface area contributed by atoms with E-state index >= 15 is 0 Å². The summed E-state index contributed by atoms with van der Waals surface area (Å²) in [6.07, 6.45) is 1.55. The number of aliphatic imine (C=N–C) groups is 1. The summed E-state index contributed by atoms with van der Waals surface area (Å²) in [7, 11) is 3.10. The van der Waals surface area contributed by atoms with Gasteiger partial charge in [0.2, 0.25) is 5.91 Å². The lowest BCUT2D eigenvalue weighted by Crippen LogP contribution is -2.33. The van der Waals surface area contributed by atoms with Crippen molar-refractivity contribution in [3.63, 3.8) is 0 Å². The molecule has 0 radical (unpaired) electrons. The number of ether oxygens (including phenoxy) is 1. The summed E-state index contributed by atoms with van der Waals surface area (Å²) < 4.78 is 5.02. The molecule has 0 saturated carbocycles. The lowest BCUT2D eigenvalue weighted by molar-refractivity contribution is -0.122. The van der Waals surface area contributed by atoms with Gasteiger partial charge in [-0.05, 0) is 29.8 Å². The van der Waals surface area contributed by atoms with E-state index in [1.54, 1.807) is 25.5 Å². The van der Waals surface area contributed by atoms with Crippen LogP contribution in [0.15, 0.2) is 29.3 Å². The second-order valence-electron chi connectivity index (χ2n) is 3.36. The van der Waals surface area contributed by atoms with Crippen LogP contribution < -0.4 is 10.1 Å². The molecule has 5 heteroatoms. The van der Waals surface area contributed by atoms with Crippen molar-refractivity contribution < 1.29 is 14.6 Å². The third-order valence-corrected chi connectivity index (χ3v) is 2.24. The fraction of sp³-hybridized carbons (Fsp3) is 0.333. The van der Waals surface area contributed by atoms with Gasteiger partial charge in [-0.1, -0.05) is 0 Å². The molecule has 0 heterocycles. The van der Waals surface area contributed by atoms with Crippen molar-refractivity contribution in [2.75, 3.05) is 20.8 Å². The van der Waals surface area contributed by atoms with Gasteiger partial charge >= 0.3 is 0 Å². The lowest BCUT2D eigenvalue weighted by Gasteiger charge is -2.06. The van der Waals surface area contributed by atoms with E-state index in [2.05, 4.69) is 10.3 Å². The quantitative estimate of drug-likeness (QED) is 0.718. The minimum atomic E-state index is -0.762. The van der Waals surface area contributed by atoms with Crippen molar-refractivity contribution in [2.45, 2.75) is 6.04 Å². The number of amides is 1. The molecule has 1 atom stereocenters. The Kier molecular flexibility index (Phi) is 5.16. The Hall–Kier alpha value is -1.88. The molecule has 1 aromatic rings. The topological polar surface area (TPSA) is 70.9 Å². The van der Waals surface area contributed by atoms with E-state index in [0.29, 0.717) is 0 Å². The van der Waals surface area contributed by atoms with Crippen LogP contribution >= 0.6 is 0 Å². The molecule has 0 spiro atoms. The number of nitrogens with zero attached hydrogens (tertiary/aromatic N) is 1. The molecule has 5 nitrogen and oxygen atoms in total. The summed E-state index contributed by atoms with van der Waals surface area (Å²) in [5.74, 6) is 0.449. The first-order valence-corrected chi connectivity index (χ1v) is 5.21. The van der Waals surface area contributed by atoms with Crippen LogP contribution in [0.4, 0.5) is 0 Å². The number of aliphatic hydroxyl groups is 1. The number of hydrogen-bond donors (Lipinski definition) is 2. The predicted octanol–water partition coefficient (Wildman–Crippen LogP) is 0.221. The van der Waals surface area contributed by atoms with Crippen LogP contribution in [0.5, 0.6) is 5.75 Å². The van der Waals surface area contributed by atoms with E-state index in [0.717, 1.165) is 11.3 Å². The zero-order valence-electron chi connectivity index (χ0n) is 9.88. The standard InChI is InChI=1S/C12H16N2O3/c1-13-12(16)11(8-15)14-7-9-3-5-10(17-2)6-4-9/h3-7,11,15H,8H2,1-2H3,(H,13,16). The number of benzene rings is 1. The molecular formula is C12H16N2O3. The number of rotatable bonds is 5. The van der Waals surface area contributed by atoms with Gasteiger partial charge in [0.05, 0.1) is 13.7 Å². The number of carbonyl (C=O) groups is 1. The smallest absolute Gasteiger partial charge is 0.246 e. The molecule has 0 bridgehead atoms. The molecule has 1 aromatic carbocycles. The zero-order chi connectivity index (χ0) is 12.7. The highest BCUT2D eigenvalue weighted by atomic mass is 16.5. The van der Waals surface area contributed by atoms with Crippen LogP contribution in [-0.2, 0) is 4.79 Å². The molecular weight excluding hydrogens is 220 g/mol. The maximum Gasteiger partial charge on any atom is 0.246 e. The van der Waals surface area contributed by atoms with Crippen LogP contribution in [0, 0.1) is 0 Å². The van der Waals surface area contributed by atoms with Gasteiger partial charge in [0.25, 0.3) is 0 Å². The minimum Gasteiger partial charge on any atom is -0.497 e. The van der Waals surface area contributed by atoms with Gasteiger partial charge in [0.15, 0.2) is 6.04 Å². The van der Waals surface area contributed by atoms with Crippen LogP contribution in [0.2, 0.25) is 0 Å². The average molecular weight is 236 g/mol. The van der Waals surface area contributed by atoms with Crippen molar-refractivity contribution in [3.05, 3.63) is 29.8 Å². The maximum atomic E-state index is 11.3. The SMILES string of the molecule is CNC(=O)C(CO)N=Cc1ccc(OC)cc1. The van der Waals surface area contributed by atoms with Crippen molar-refractivity contribution >= 4 is 12.1 Å². The molecule has 0 fully saturated rings. The molecule has 2 N–H and O–H groups in total. The predicted molar refractivity (Wildman–Crippen MR) is 65.5 cm³/mol. The Balaban J connectivity index is 2.71.